The van der Waals surface area contributed by atoms with Gasteiger partial charge in [-0.25, -0.2) is 4.39 Å². The molecule has 1 amide bonds. The molecule has 0 spiro atoms. The average Bonchev–Trinajstić information content (AvgIpc) is 2.50. The standard InChI is InChI=1S/C18H20FNO2/c1-12(2)14-4-8-16(9-5-14)20-18(21)13(3)22-17-10-6-15(19)7-11-17/h4-13H,1-3H3,(H,20,21)/t13-/m1/s1. The summed E-state index contributed by atoms with van der Waals surface area (Å²) in [6, 6.07) is 13.3. The smallest absolute Gasteiger partial charge is 0.265 e. The minimum absolute atomic E-state index is 0.248. The Kier molecular flexibility index (Phi) is 5.15. The summed E-state index contributed by atoms with van der Waals surface area (Å²) in [5.74, 6) is 0.320. The van der Waals surface area contributed by atoms with Gasteiger partial charge in [0.2, 0.25) is 0 Å². The Labute approximate surface area is 130 Å². The topological polar surface area (TPSA) is 38.3 Å². The molecular formula is C18H20FNO2. The highest BCUT2D eigenvalue weighted by atomic mass is 19.1. The highest BCUT2D eigenvalue weighted by Crippen LogP contribution is 2.18. The summed E-state index contributed by atoms with van der Waals surface area (Å²) in [5, 5.41) is 2.80. The summed E-state index contributed by atoms with van der Waals surface area (Å²) in [4.78, 5) is 12.1. The largest absolute Gasteiger partial charge is 0.481 e. The van der Waals surface area contributed by atoms with E-state index in [-0.39, 0.29) is 11.7 Å². The monoisotopic (exact) mass is 301 g/mol. The number of hydrogen-bond acceptors (Lipinski definition) is 2. The van der Waals surface area contributed by atoms with Crippen LogP contribution in [0.5, 0.6) is 5.75 Å². The second kappa shape index (κ2) is 7.07. The molecule has 116 valence electrons. The van der Waals surface area contributed by atoms with Crippen molar-refractivity contribution in [3.63, 3.8) is 0 Å². The summed E-state index contributed by atoms with van der Waals surface area (Å²) in [7, 11) is 0. The molecule has 4 heteroatoms. The van der Waals surface area contributed by atoms with Gasteiger partial charge in [0.15, 0.2) is 6.10 Å². The van der Waals surface area contributed by atoms with Gasteiger partial charge in [-0.15, -0.1) is 0 Å². The van der Waals surface area contributed by atoms with Crippen molar-refractivity contribution in [1.82, 2.24) is 0 Å². The minimum Gasteiger partial charge on any atom is -0.481 e. The van der Waals surface area contributed by atoms with Crippen LogP contribution in [0.4, 0.5) is 10.1 Å². The lowest BCUT2D eigenvalue weighted by molar-refractivity contribution is -0.122. The fraction of sp³-hybridized carbons (Fsp3) is 0.278. The molecule has 0 aliphatic heterocycles. The maximum atomic E-state index is 12.8. The first-order valence-electron chi connectivity index (χ1n) is 7.29. The SMILES string of the molecule is CC(C)c1ccc(NC(=O)[C@@H](C)Oc2ccc(F)cc2)cc1. The average molecular weight is 301 g/mol. The summed E-state index contributed by atoms with van der Waals surface area (Å²) in [5.41, 5.74) is 1.94. The van der Waals surface area contributed by atoms with Crippen LogP contribution >= 0.6 is 0 Å². The molecule has 3 nitrogen and oxygen atoms in total. The molecule has 2 rings (SSSR count). The van der Waals surface area contributed by atoms with Gasteiger partial charge in [0, 0.05) is 5.69 Å². The zero-order chi connectivity index (χ0) is 16.1. The second-order valence-electron chi connectivity index (χ2n) is 5.48. The van der Waals surface area contributed by atoms with Crippen molar-refractivity contribution in [2.75, 3.05) is 5.32 Å². The fourth-order valence-corrected chi connectivity index (χ4v) is 1.97. The van der Waals surface area contributed by atoms with E-state index in [1.165, 1.54) is 29.8 Å². The normalized spacial score (nSPS) is 12.0. The highest BCUT2D eigenvalue weighted by Gasteiger charge is 2.15. The first-order chi connectivity index (χ1) is 10.5. The molecule has 0 unspecified atom stereocenters. The molecule has 0 aliphatic carbocycles. The van der Waals surface area contributed by atoms with Crippen molar-refractivity contribution in [2.45, 2.75) is 32.8 Å². The number of ether oxygens (including phenoxy) is 1. The third kappa shape index (κ3) is 4.32. The minimum atomic E-state index is -0.671. The maximum absolute atomic E-state index is 12.8. The Morgan fingerprint density at radius 2 is 1.59 bits per heavy atom. The van der Waals surface area contributed by atoms with E-state index >= 15 is 0 Å². The van der Waals surface area contributed by atoms with E-state index in [4.69, 9.17) is 4.74 Å². The number of benzene rings is 2. The van der Waals surface area contributed by atoms with Gasteiger partial charge in [-0.05, 0) is 54.8 Å². The lowest BCUT2D eigenvalue weighted by Crippen LogP contribution is -2.30. The van der Waals surface area contributed by atoms with Crippen molar-refractivity contribution in [3.05, 3.63) is 59.9 Å². The van der Waals surface area contributed by atoms with Crippen LogP contribution in [0.3, 0.4) is 0 Å². The Hall–Kier alpha value is -2.36. The molecular weight excluding hydrogens is 281 g/mol. The Morgan fingerprint density at radius 3 is 2.14 bits per heavy atom. The first-order valence-corrected chi connectivity index (χ1v) is 7.29. The summed E-state index contributed by atoms with van der Waals surface area (Å²) in [6.07, 6.45) is -0.671. The fourth-order valence-electron chi connectivity index (χ4n) is 1.97. The lowest BCUT2D eigenvalue weighted by Gasteiger charge is -2.15. The number of halogens is 1. The summed E-state index contributed by atoms with van der Waals surface area (Å²) < 4.78 is 18.3. The van der Waals surface area contributed by atoms with Crippen molar-refractivity contribution in [1.29, 1.82) is 0 Å². The van der Waals surface area contributed by atoms with Crippen LogP contribution in [0.25, 0.3) is 0 Å². The van der Waals surface area contributed by atoms with E-state index in [0.29, 0.717) is 11.7 Å². The molecule has 0 saturated carbocycles. The van der Waals surface area contributed by atoms with Crippen LogP contribution in [0.1, 0.15) is 32.3 Å². The number of anilines is 1. The predicted octanol–water partition coefficient (Wildman–Crippen LogP) is 4.36. The molecule has 1 N–H and O–H groups in total. The van der Waals surface area contributed by atoms with Gasteiger partial charge in [0.25, 0.3) is 5.91 Å². The highest BCUT2D eigenvalue weighted by molar-refractivity contribution is 5.94. The number of rotatable bonds is 5. The molecule has 2 aromatic carbocycles. The molecule has 22 heavy (non-hydrogen) atoms. The van der Waals surface area contributed by atoms with E-state index in [9.17, 15) is 9.18 Å². The van der Waals surface area contributed by atoms with Crippen molar-refractivity contribution >= 4 is 11.6 Å². The van der Waals surface area contributed by atoms with E-state index < -0.39 is 6.10 Å². The van der Waals surface area contributed by atoms with Crippen molar-refractivity contribution in [3.8, 4) is 5.75 Å². The van der Waals surface area contributed by atoms with E-state index in [1.54, 1.807) is 6.92 Å². The third-order valence-corrected chi connectivity index (χ3v) is 3.34. The molecule has 0 bridgehead atoms. The van der Waals surface area contributed by atoms with Crippen LogP contribution in [0.2, 0.25) is 0 Å². The maximum Gasteiger partial charge on any atom is 0.265 e. The van der Waals surface area contributed by atoms with Gasteiger partial charge < -0.3 is 10.1 Å². The van der Waals surface area contributed by atoms with E-state index in [2.05, 4.69) is 19.2 Å². The van der Waals surface area contributed by atoms with Crippen LogP contribution < -0.4 is 10.1 Å². The molecule has 2 aromatic rings. The number of carbonyl (C=O) groups excluding carboxylic acids is 1. The van der Waals surface area contributed by atoms with E-state index in [0.717, 1.165) is 5.69 Å². The van der Waals surface area contributed by atoms with Gasteiger partial charge in [0.05, 0.1) is 0 Å². The molecule has 0 fully saturated rings. The van der Waals surface area contributed by atoms with Crippen LogP contribution in [0, 0.1) is 5.82 Å². The number of hydrogen-bond donors (Lipinski definition) is 1. The third-order valence-electron chi connectivity index (χ3n) is 3.34. The van der Waals surface area contributed by atoms with Gasteiger partial charge in [-0.3, -0.25) is 4.79 Å². The van der Waals surface area contributed by atoms with Crippen molar-refractivity contribution in [2.24, 2.45) is 0 Å². The van der Waals surface area contributed by atoms with Gasteiger partial charge in [-0.1, -0.05) is 26.0 Å². The van der Waals surface area contributed by atoms with Gasteiger partial charge in [-0.2, -0.15) is 0 Å². The zero-order valence-corrected chi connectivity index (χ0v) is 13.0. The number of amides is 1. The summed E-state index contributed by atoms with van der Waals surface area (Å²) in [6.45, 7) is 5.89. The van der Waals surface area contributed by atoms with Gasteiger partial charge in [0.1, 0.15) is 11.6 Å². The Balaban J connectivity index is 1.94. The molecule has 0 radical (unpaired) electrons. The number of carbonyl (C=O) groups is 1. The van der Waals surface area contributed by atoms with Crippen LogP contribution in [0.15, 0.2) is 48.5 Å². The second-order valence-corrected chi connectivity index (χ2v) is 5.48. The van der Waals surface area contributed by atoms with Gasteiger partial charge >= 0.3 is 0 Å². The lowest BCUT2D eigenvalue weighted by atomic mass is 10.0. The predicted molar refractivity (Wildman–Crippen MR) is 85.7 cm³/mol. The van der Waals surface area contributed by atoms with E-state index in [1.807, 2.05) is 24.3 Å². The quantitative estimate of drug-likeness (QED) is 0.891. The first kappa shape index (κ1) is 16.0. The Bertz CT molecular complexity index is 621. The summed E-state index contributed by atoms with van der Waals surface area (Å²) >= 11 is 0. The van der Waals surface area contributed by atoms with Crippen LogP contribution in [-0.4, -0.2) is 12.0 Å². The molecule has 0 aromatic heterocycles. The molecule has 0 aliphatic rings. The number of nitrogens with one attached hydrogen (secondary N) is 1. The van der Waals surface area contributed by atoms with Crippen molar-refractivity contribution < 1.29 is 13.9 Å². The molecule has 0 saturated heterocycles. The zero-order valence-electron chi connectivity index (χ0n) is 13.0. The Morgan fingerprint density at radius 1 is 1.00 bits per heavy atom. The molecule has 1 atom stereocenters. The van der Waals surface area contributed by atoms with Crippen LogP contribution in [-0.2, 0) is 4.79 Å². The molecule has 0 heterocycles.